The third-order valence-electron chi connectivity index (χ3n) is 2.93. The number of hydrogen-bond acceptors (Lipinski definition) is 1. The van der Waals surface area contributed by atoms with Crippen LogP contribution in [0.15, 0.2) is 42.5 Å². The lowest BCUT2D eigenvalue weighted by Crippen LogP contribution is -2.11. The van der Waals surface area contributed by atoms with E-state index < -0.39 is 0 Å². The number of hydrogen-bond donors (Lipinski definition) is 1. The van der Waals surface area contributed by atoms with E-state index in [0.29, 0.717) is 10.6 Å². The molecule has 0 aromatic heterocycles. The van der Waals surface area contributed by atoms with Crippen LogP contribution in [0.5, 0.6) is 0 Å². The van der Waals surface area contributed by atoms with Crippen LogP contribution in [-0.4, -0.2) is 5.91 Å². The van der Waals surface area contributed by atoms with Gasteiger partial charge in [-0.3, -0.25) is 4.79 Å². The smallest absolute Gasteiger partial charge is 0.255 e. The van der Waals surface area contributed by atoms with Crippen molar-refractivity contribution in [3.63, 3.8) is 0 Å². The minimum absolute atomic E-state index is 0.147. The van der Waals surface area contributed by atoms with E-state index >= 15 is 0 Å². The summed E-state index contributed by atoms with van der Waals surface area (Å²) in [6.45, 7) is 2.15. The standard InChI is InChI=1S/C16H15ClINO/c1-2-3-11-4-7-13(8-5-11)19-16(20)12-6-9-15(18)14(17)10-12/h4-10H,2-3H2,1H3,(H,19,20). The summed E-state index contributed by atoms with van der Waals surface area (Å²) in [7, 11) is 0. The lowest BCUT2D eigenvalue weighted by molar-refractivity contribution is 0.102. The molecule has 2 aromatic carbocycles. The molecule has 0 aliphatic carbocycles. The van der Waals surface area contributed by atoms with Gasteiger partial charge in [0.15, 0.2) is 0 Å². The molecule has 0 spiro atoms. The van der Waals surface area contributed by atoms with Crippen molar-refractivity contribution in [1.29, 1.82) is 0 Å². The van der Waals surface area contributed by atoms with E-state index in [2.05, 4.69) is 34.8 Å². The molecule has 4 heteroatoms. The maximum atomic E-state index is 12.1. The van der Waals surface area contributed by atoms with Crippen LogP contribution in [0.1, 0.15) is 29.3 Å². The summed E-state index contributed by atoms with van der Waals surface area (Å²) in [5.74, 6) is -0.147. The van der Waals surface area contributed by atoms with Gasteiger partial charge < -0.3 is 5.32 Å². The highest BCUT2D eigenvalue weighted by atomic mass is 127. The first-order valence-corrected chi connectivity index (χ1v) is 7.91. The molecule has 0 saturated heterocycles. The van der Waals surface area contributed by atoms with Crippen LogP contribution >= 0.6 is 34.2 Å². The highest BCUT2D eigenvalue weighted by Crippen LogP contribution is 2.20. The van der Waals surface area contributed by atoms with Crippen LogP contribution in [0, 0.1) is 3.57 Å². The summed E-state index contributed by atoms with van der Waals surface area (Å²) in [5, 5.41) is 3.47. The summed E-state index contributed by atoms with van der Waals surface area (Å²) in [6, 6.07) is 13.2. The van der Waals surface area contributed by atoms with Gasteiger partial charge in [-0.05, 0) is 64.9 Å². The zero-order valence-corrected chi connectivity index (χ0v) is 14.0. The number of amides is 1. The second kappa shape index (κ2) is 7.09. The topological polar surface area (TPSA) is 29.1 Å². The van der Waals surface area contributed by atoms with Gasteiger partial charge in [-0.15, -0.1) is 0 Å². The molecule has 104 valence electrons. The number of anilines is 1. The predicted molar refractivity (Wildman–Crippen MR) is 92.6 cm³/mol. The van der Waals surface area contributed by atoms with Crippen molar-refractivity contribution in [2.45, 2.75) is 19.8 Å². The van der Waals surface area contributed by atoms with Crippen LogP contribution < -0.4 is 5.32 Å². The minimum atomic E-state index is -0.147. The Kier molecular flexibility index (Phi) is 5.43. The first-order chi connectivity index (χ1) is 9.60. The van der Waals surface area contributed by atoms with Gasteiger partial charge in [0.05, 0.1) is 5.02 Å². The van der Waals surface area contributed by atoms with E-state index in [0.717, 1.165) is 22.1 Å². The Labute approximate surface area is 137 Å². The third kappa shape index (κ3) is 3.96. The number of aryl methyl sites for hydroxylation is 1. The highest BCUT2D eigenvalue weighted by Gasteiger charge is 2.08. The van der Waals surface area contributed by atoms with Gasteiger partial charge in [0, 0.05) is 14.8 Å². The van der Waals surface area contributed by atoms with Crippen LogP contribution in [0.3, 0.4) is 0 Å². The number of nitrogens with one attached hydrogen (secondary N) is 1. The second-order valence-corrected chi connectivity index (χ2v) is 6.10. The van der Waals surface area contributed by atoms with Gasteiger partial charge in [0.1, 0.15) is 0 Å². The van der Waals surface area contributed by atoms with E-state index in [1.807, 2.05) is 30.3 Å². The molecule has 0 bridgehead atoms. The van der Waals surface area contributed by atoms with Crippen molar-refractivity contribution in [2.24, 2.45) is 0 Å². The fraction of sp³-hybridized carbons (Fsp3) is 0.188. The molecule has 0 atom stereocenters. The molecule has 2 rings (SSSR count). The van der Waals surface area contributed by atoms with E-state index in [1.54, 1.807) is 12.1 Å². The molecule has 2 aromatic rings. The molecule has 2 nitrogen and oxygen atoms in total. The van der Waals surface area contributed by atoms with Gasteiger partial charge in [0.25, 0.3) is 5.91 Å². The van der Waals surface area contributed by atoms with Crippen molar-refractivity contribution in [1.82, 2.24) is 0 Å². The highest BCUT2D eigenvalue weighted by molar-refractivity contribution is 14.1. The second-order valence-electron chi connectivity index (χ2n) is 4.53. The first kappa shape index (κ1) is 15.3. The Morgan fingerprint density at radius 2 is 1.90 bits per heavy atom. The normalized spacial score (nSPS) is 10.3. The average molecular weight is 400 g/mol. The Morgan fingerprint density at radius 1 is 1.20 bits per heavy atom. The fourth-order valence-corrected chi connectivity index (χ4v) is 2.40. The molecule has 0 radical (unpaired) electrons. The van der Waals surface area contributed by atoms with Crippen molar-refractivity contribution in [3.8, 4) is 0 Å². The van der Waals surface area contributed by atoms with Crippen molar-refractivity contribution < 1.29 is 4.79 Å². The zero-order chi connectivity index (χ0) is 14.5. The molecule has 1 amide bonds. The lowest BCUT2D eigenvalue weighted by atomic mass is 10.1. The Balaban J connectivity index is 2.08. The van der Waals surface area contributed by atoms with Crippen LogP contribution in [0.25, 0.3) is 0 Å². The quantitative estimate of drug-likeness (QED) is 0.708. The third-order valence-corrected chi connectivity index (χ3v) is 4.50. The molecule has 0 aliphatic rings. The molecule has 0 saturated carbocycles. The summed E-state index contributed by atoms with van der Waals surface area (Å²) in [5.41, 5.74) is 2.64. The Morgan fingerprint density at radius 3 is 2.50 bits per heavy atom. The fourth-order valence-electron chi connectivity index (χ4n) is 1.88. The van der Waals surface area contributed by atoms with E-state index in [1.165, 1.54) is 5.56 Å². The lowest BCUT2D eigenvalue weighted by Gasteiger charge is -2.07. The molecular weight excluding hydrogens is 385 g/mol. The number of rotatable bonds is 4. The molecule has 0 heterocycles. The van der Waals surface area contributed by atoms with Crippen molar-refractivity contribution >= 4 is 45.8 Å². The molecular formula is C16H15ClINO. The van der Waals surface area contributed by atoms with Gasteiger partial charge in [-0.2, -0.15) is 0 Å². The molecule has 0 fully saturated rings. The molecule has 0 unspecified atom stereocenters. The maximum absolute atomic E-state index is 12.1. The van der Waals surface area contributed by atoms with E-state index in [9.17, 15) is 4.79 Å². The molecule has 0 aliphatic heterocycles. The largest absolute Gasteiger partial charge is 0.322 e. The summed E-state index contributed by atoms with van der Waals surface area (Å²) < 4.78 is 0.935. The average Bonchev–Trinajstić information content (AvgIpc) is 2.44. The van der Waals surface area contributed by atoms with E-state index in [4.69, 9.17) is 11.6 Å². The maximum Gasteiger partial charge on any atom is 0.255 e. The van der Waals surface area contributed by atoms with Crippen molar-refractivity contribution in [2.75, 3.05) is 5.32 Å². The molecule has 1 N–H and O–H groups in total. The number of halogens is 2. The number of carbonyl (C=O) groups excluding carboxylic acids is 1. The number of carbonyl (C=O) groups is 1. The Hall–Kier alpha value is -1.07. The summed E-state index contributed by atoms with van der Waals surface area (Å²) in [6.07, 6.45) is 2.17. The van der Waals surface area contributed by atoms with E-state index in [-0.39, 0.29) is 5.91 Å². The SMILES string of the molecule is CCCc1ccc(NC(=O)c2ccc(I)c(Cl)c2)cc1. The van der Waals surface area contributed by atoms with Gasteiger partial charge in [-0.1, -0.05) is 37.1 Å². The minimum Gasteiger partial charge on any atom is -0.322 e. The predicted octanol–water partition coefficient (Wildman–Crippen LogP) is 5.15. The number of benzene rings is 2. The zero-order valence-electron chi connectivity index (χ0n) is 11.1. The first-order valence-electron chi connectivity index (χ1n) is 6.45. The van der Waals surface area contributed by atoms with Gasteiger partial charge in [0.2, 0.25) is 0 Å². The van der Waals surface area contributed by atoms with Crippen LogP contribution in [0.4, 0.5) is 5.69 Å². The van der Waals surface area contributed by atoms with Gasteiger partial charge >= 0.3 is 0 Å². The van der Waals surface area contributed by atoms with Crippen LogP contribution in [-0.2, 0) is 6.42 Å². The van der Waals surface area contributed by atoms with Crippen molar-refractivity contribution in [3.05, 3.63) is 62.2 Å². The Bertz CT molecular complexity index is 610. The monoisotopic (exact) mass is 399 g/mol. The van der Waals surface area contributed by atoms with Gasteiger partial charge in [-0.25, -0.2) is 0 Å². The molecule has 20 heavy (non-hydrogen) atoms. The summed E-state index contributed by atoms with van der Waals surface area (Å²) >= 11 is 8.16. The van der Waals surface area contributed by atoms with Crippen LogP contribution in [0.2, 0.25) is 5.02 Å². The summed E-state index contributed by atoms with van der Waals surface area (Å²) in [4.78, 5) is 12.1.